The van der Waals surface area contributed by atoms with Crippen molar-refractivity contribution in [1.29, 1.82) is 0 Å². The molecule has 3 aromatic heterocycles. The third kappa shape index (κ3) is 3.14. The highest BCUT2D eigenvalue weighted by atomic mass is 16.3. The predicted octanol–water partition coefficient (Wildman–Crippen LogP) is 1.43. The minimum Gasteiger partial charge on any atom is -0.459 e. The van der Waals surface area contributed by atoms with Crippen LogP contribution in [0.1, 0.15) is 16.4 Å². The average Bonchev–Trinajstić information content (AvgIpc) is 3.20. The van der Waals surface area contributed by atoms with Crippen LogP contribution in [0, 0.1) is 0 Å². The second-order valence-corrected chi connectivity index (χ2v) is 4.32. The zero-order valence-corrected chi connectivity index (χ0v) is 11.1. The summed E-state index contributed by atoms with van der Waals surface area (Å²) >= 11 is 0. The highest BCUT2D eigenvalue weighted by Gasteiger charge is 2.09. The summed E-state index contributed by atoms with van der Waals surface area (Å²) in [6.45, 7) is 0.449. The van der Waals surface area contributed by atoms with Crippen LogP contribution in [0.15, 0.2) is 47.3 Å². The molecule has 7 heteroatoms. The van der Waals surface area contributed by atoms with Gasteiger partial charge in [0.2, 0.25) is 0 Å². The zero-order valence-electron chi connectivity index (χ0n) is 11.1. The first-order valence-electron chi connectivity index (χ1n) is 6.46. The highest BCUT2D eigenvalue weighted by molar-refractivity contribution is 5.91. The Morgan fingerprint density at radius 1 is 1.29 bits per heavy atom. The van der Waals surface area contributed by atoms with E-state index < -0.39 is 0 Å². The van der Waals surface area contributed by atoms with Crippen molar-refractivity contribution in [2.45, 2.75) is 6.42 Å². The van der Waals surface area contributed by atoms with E-state index in [-0.39, 0.29) is 5.91 Å². The molecule has 0 unspecified atom stereocenters. The van der Waals surface area contributed by atoms with Gasteiger partial charge in [0.25, 0.3) is 5.91 Å². The Morgan fingerprint density at radius 2 is 2.14 bits per heavy atom. The van der Waals surface area contributed by atoms with Gasteiger partial charge in [0.15, 0.2) is 11.6 Å². The first-order valence-corrected chi connectivity index (χ1v) is 6.46. The molecule has 0 radical (unpaired) electrons. The van der Waals surface area contributed by atoms with Gasteiger partial charge in [-0.15, -0.1) is 0 Å². The van der Waals surface area contributed by atoms with Crippen LogP contribution in [0.5, 0.6) is 0 Å². The predicted molar refractivity (Wildman–Crippen MR) is 74.4 cm³/mol. The third-order valence-corrected chi connectivity index (χ3v) is 2.86. The number of aromatic nitrogens is 4. The Hall–Kier alpha value is -2.96. The fourth-order valence-corrected chi connectivity index (χ4v) is 1.83. The molecular formula is C14H13N5O2. The van der Waals surface area contributed by atoms with E-state index in [1.165, 1.54) is 6.26 Å². The molecule has 106 valence electrons. The first-order chi connectivity index (χ1) is 10.3. The molecule has 0 saturated carbocycles. The molecule has 0 spiro atoms. The van der Waals surface area contributed by atoms with Crippen molar-refractivity contribution in [3.8, 4) is 11.4 Å². The van der Waals surface area contributed by atoms with Crippen LogP contribution >= 0.6 is 0 Å². The first kappa shape index (κ1) is 13.0. The largest absolute Gasteiger partial charge is 0.459 e. The van der Waals surface area contributed by atoms with Crippen LogP contribution < -0.4 is 5.32 Å². The molecule has 0 aliphatic carbocycles. The summed E-state index contributed by atoms with van der Waals surface area (Å²) in [6, 6.07) is 6.97. The van der Waals surface area contributed by atoms with Gasteiger partial charge in [-0.1, -0.05) is 0 Å². The molecule has 0 bridgehead atoms. The van der Waals surface area contributed by atoms with Gasteiger partial charge < -0.3 is 9.73 Å². The molecule has 3 heterocycles. The van der Waals surface area contributed by atoms with E-state index >= 15 is 0 Å². The summed E-state index contributed by atoms with van der Waals surface area (Å²) in [7, 11) is 0. The average molecular weight is 283 g/mol. The summed E-state index contributed by atoms with van der Waals surface area (Å²) in [5.41, 5.74) is 0.895. The van der Waals surface area contributed by atoms with Crippen molar-refractivity contribution in [2.75, 3.05) is 6.54 Å². The molecule has 0 aliphatic heterocycles. The lowest BCUT2D eigenvalue weighted by atomic mass is 10.2. The van der Waals surface area contributed by atoms with E-state index in [0.29, 0.717) is 30.4 Å². The van der Waals surface area contributed by atoms with E-state index in [1.54, 1.807) is 24.5 Å². The van der Waals surface area contributed by atoms with Gasteiger partial charge in [-0.3, -0.25) is 14.9 Å². The minimum atomic E-state index is -0.242. The Kier molecular flexibility index (Phi) is 3.72. The SMILES string of the molecule is O=C(NCCc1nc(-c2ccncc2)n[nH]1)c1ccco1. The Labute approximate surface area is 120 Å². The van der Waals surface area contributed by atoms with Crippen LogP contribution in [0.4, 0.5) is 0 Å². The molecule has 0 fully saturated rings. The lowest BCUT2D eigenvalue weighted by Gasteiger charge is -2.00. The smallest absolute Gasteiger partial charge is 0.286 e. The number of pyridine rings is 1. The maximum absolute atomic E-state index is 11.7. The fraction of sp³-hybridized carbons (Fsp3) is 0.143. The lowest BCUT2D eigenvalue weighted by molar-refractivity contribution is 0.0926. The standard InChI is InChI=1S/C14H13N5O2/c20-14(11-2-1-9-21-11)16-8-5-12-17-13(19-18-12)10-3-6-15-7-4-10/h1-4,6-7,9H,5,8H2,(H,16,20)(H,17,18,19). The number of carbonyl (C=O) groups is 1. The summed E-state index contributed by atoms with van der Waals surface area (Å²) in [6.07, 6.45) is 5.40. The Bertz CT molecular complexity index is 706. The van der Waals surface area contributed by atoms with Crippen molar-refractivity contribution in [3.05, 3.63) is 54.5 Å². The molecule has 3 rings (SSSR count). The number of H-pyrrole nitrogens is 1. The summed E-state index contributed by atoms with van der Waals surface area (Å²) in [4.78, 5) is 20.0. The summed E-state index contributed by atoms with van der Waals surface area (Å²) < 4.78 is 5.01. The Morgan fingerprint density at radius 3 is 2.90 bits per heavy atom. The minimum absolute atomic E-state index is 0.242. The van der Waals surface area contributed by atoms with Gasteiger partial charge in [0.05, 0.1) is 6.26 Å². The quantitative estimate of drug-likeness (QED) is 0.738. The topological polar surface area (TPSA) is 96.7 Å². The molecule has 1 amide bonds. The number of amides is 1. The lowest BCUT2D eigenvalue weighted by Crippen LogP contribution is -2.25. The molecule has 3 aromatic rings. The number of carbonyl (C=O) groups excluding carboxylic acids is 1. The van der Waals surface area contributed by atoms with Crippen LogP contribution in [-0.2, 0) is 6.42 Å². The van der Waals surface area contributed by atoms with E-state index in [1.807, 2.05) is 12.1 Å². The van der Waals surface area contributed by atoms with E-state index in [4.69, 9.17) is 4.42 Å². The van der Waals surface area contributed by atoms with Gasteiger partial charge in [-0.05, 0) is 24.3 Å². The Balaban J connectivity index is 1.55. The van der Waals surface area contributed by atoms with Crippen molar-refractivity contribution in [2.24, 2.45) is 0 Å². The molecule has 0 aliphatic rings. The van der Waals surface area contributed by atoms with Gasteiger partial charge in [0.1, 0.15) is 5.82 Å². The second-order valence-electron chi connectivity index (χ2n) is 4.32. The van der Waals surface area contributed by atoms with E-state index in [9.17, 15) is 4.79 Å². The molecule has 21 heavy (non-hydrogen) atoms. The normalized spacial score (nSPS) is 10.5. The van der Waals surface area contributed by atoms with Crippen LogP contribution in [-0.4, -0.2) is 32.6 Å². The van der Waals surface area contributed by atoms with Crippen LogP contribution in [0.3, 0.4) is 0 Å². The number of nitrogens with one attached hydrogen (secondary N) is 2. The van der Waals surface area contributed by atoms with E-state index in [2.05, 4.69) is 25.5 Å². The summed E-state index contributed by atoms with van der Waals surface area (Å²) in [5, 5.41) is 9.75. The van der Waals surface area contributed by atoms with Crippen LogP contribution in [0.25, 0.3) is 11.4 Å². The van der Waals surface area contributed by atoms with Crippen molar-refractivity contribution >= 4 is 5.91 Å². The molecule has 0 atom stereocenters. The maximum Gasteiger partial charge on any atom is 0.286 e. The number of furan rings is 1. The molecule has 0 saturated heterocycles. The zero-order chi connectivity index (χ0) is 14.5. The van der Waals surface area contributed by atoms with Crippen molar-refractivity contribution in [1.82, 2.24) is 25.5 Å². The molecule has 2 N–H and O–H groups in total. The number of hydrogen-bond acceptors (Lipinski definition) is 5. The fourth-order valence-electron chi connectivity index (χ4n) is 1.83. The van der Waals surface area contributed by atoms with Gasteiger partial charge in [-0.2, -0.15) is 5.10 Å². The highest BCUT2D eigenvalue weighted by Crippen LogP contribution is 2.12. The summed E-state index contributed by atoms with van der Waals surface area (Å²) in [5.74, 6) is 1.38. The molecule has 0 aromatic carbocycles. The van der Waals surface area contributed by atoms with E-state index in [0.717, 1.165) is 5.56 Å². The van der Waals surface area contributed by atoms with Crippen molar-refractivity contribution < 1.29 is 9.21 Å². The number of hydrogen-bond donors (Lipinski definition) is 2. The number of rotatable bonds is 5. The number of aromatic amines is 1. The maximum atomic E-state index is 11.7. The van der Waals surface area contributed by atoms with Gasteiger partial charge >= 0.3 is 0 Å². The second kappa shape index (κ2) is 6.00. The van der Waals surface area contributed by atoms with Gasteiger partial charge in [0, 0.05) is 30.9 Å². The van der Waals surface area contributed by atoms with Crippen LogP contribution in [0.2, 0.25) is 0 Å². The van der Waals surface area contributed by atoms with Gasteiger partial charge in [-0.25, -0.2) is 4.98 Å². The van der Waals surface area contributed by atoms with Crippen molar-refractivity contribution in [3.63, 3.8) is 0 Å². The number of nitrogens with zero attached hydrogens (tertiary/aromatic N) is 3. The monoisotopic (exact) mass is 283 g/mol. The molecule has 7 nitrogen and oxygen atoms in total. The molecular weight excluding hydrogens is 270 g/mol. The third-order valence-electron chi connectivity index (χ3n) is 2.86.